The Morgan fingerprint density at radius 3 is 2.49 bits per heavy atom. The Morgan fingerprint density at radius 2 is 1.74 bits per heavy atom. The van der Waals surface area contributed by atoms with Gasteiger partial charge in [0.1, 0.15) is 5.69 Å². The molecule has 39 heavy (non-hydrogen) atoms. The third-order valence-corrected chi connectivity index (χ3v) is 7.90. The number of nitrogens with one attached hydrogen (secondary N) is 1. The largest absolute Gasteiger partial charge is 0.350 e. The first kappa shape index (κ1) is 26.7. The summed E-state index contributed by atoms with van der Waals surface area (Å²) in [4.78, 5) is 23.0. The van der Waals surface area contributed by atoms with E-state index in [0.29, 0.717) is 25.3 Å². The van der Waals surface area contributed by atoms with Crippen LogP contribution in [-0.4, -0.2) is 53.1 Å². The summed E-state index contributed by atoms with van der Waals surface area (Å²) in [5.41, 5.74) is 7.35. The first-order chi connectivity index (χ1) is 18.6. The van der Waals surface area contributed by atoms with E-state index in [1.54, 1.807) is 0 Å². The number of rotatable bonds is 5. The van der Waals surface area contributed by atoms with Gasteiger partial charge < -0.3 is 19.7 Å². The van der Waals surface area contributed by atoms with Gasteiger partial charge in [0.05, 0.1) is 18.0 Å². The fourth-order valence-corrected chi connectivity index (χ4v) is 5.85. The molecular weight excluding hydrogens is 508 g/mol. The van der Waals surface area contributed by atoms with Crippen LogP contribution < -0.4 is 10.2 Å². The number of piperazine rings is 1. The van der Waals surface area contributed by atoms with Crippen LogP contribution >= 0.6 is 12.4 Å². The van der Waals surface area contributed by atoms with Crippen LogP contribution in [0.4, 0.5) is 5.82 Å². The van der Waals surface area contributed by atoms with E-state index in [0.717, 1.165) is 60.6 Å². The molecule has 1 amide bonds. The maximum Gasteiger partial charge on any atom is 0.272 e. The molecule has 8 heteroatoms. The van der Waals surface area contributed by atoms with Gasteiger partial charge in [0.2, 0.25) is 0 Å². The van der Waals surface area contributed by atoms with Gasteiger partial charge in [-0.05, 0) is 41.7 Å². The number of aromatic nitrogens is 2. The summed E-state index contributed by atoms with van der Waals surface area (Å²) in [7, 11) is 0. The number of halogens is 1. The number of amides is 1. The standard InChI is InChI=1S/C31H32N6O.ClH/c1-22-26(11-13-32)27-19-28(31(38)35-17-14-33-15-18-35)34-30(29(27)37(22)20-23-7-3-2-4-8-23)36-16-12-24-9-5-6-10-25(24)21-36;/h2-10,19,33H,11-12,14-18,20-21H2,1H3;1H. The van der Waals surface area contributed by atoms with Crippen molar-refractivity contribution >= 4 is 35.0 Å². The molecule has 6 rings (SSSR count). The molecule has 2 aromatic heterocycles. The number of hydrogen-bond donors (Lipinski definition) is 1. The summed E-state index contributed by atoms with van der Waals surface area (Å²) in [5, 5.41) is 14.0. The molecule has 0 saturated carbocycles. The van der Waals surface area contributed by atoms with Gasteiger partial charge >= 0.3 is 0 Å². The van der Waals surface area contributed by atoms with Crippen LogP contribution in [0, 0.1) is 18.3 Å². The Bertz CT molecular complexity index is 1530. The highest BCUT2D eigenvalue weighted by atomic mass is 35.5. The smallest absolute Gasteiger partial charge is 0.272 e. The van der Waals surface area contributed by atoms with Crippen LogP contribution in [0.1, 0.15) is 38.4 Å². The average molecular weight is 541 g/mol. The molecule has 2 aliphatic rings. The lowest BCUT2D eigenvalue weighted by Gasteiger charge is -2.32. The van der Waals surface area contributed by atoms with E-state index in [1.165, 1.54) is 16.7 Å². The lowest BCUT2D eigenvalue weighted by Crippen LogP contribution is -2.46. The van der Waals surface area contributed by atoms with Crippen LogP contribution in [0.25, 0.3) is 10.9 Å². The van der Waals surface area contributed by atoms with Crippen LogP contribution in [-0.2, 0) is 25.9 Å². The number of nitriles is 1. The van der Waals surface area contributed by atoms with Crippen molar-refractivity contribution in [3.63, 3.8) is 0 Å². The zero-order valence-corrected chi connectivity index (χ0v) is 23.0. The lowest BCUT2D eigenvalue weighted by molar-refractivity contribution is 0.0730. The monoisotopic (exact) mass is 540 g/mol. The fourth-order valence-electron chi connectivity index (χ4n) is 5.85. The summed E-state index contributed by atoms with van der Waals surface area (Å²) in [6.07, 6.45) is 1.22. The number of nitrogens with zero attached hydrogens (tertiary/aromatic N) is 5. The van der Waals surface area contributed by atoms with Gasteiger partial charge in [-0.2, -0.15) is 5.26 Å². The lowest BCUT2D eigenvalue weighted by atomic mass is 9.99. The van der Waals surface area contributed by atoms with Gasteiger partial charge in [-0.1, -0.05) is 54.6 Å². The third kappa shape index (κ3) is 5.10. The number of fused-ring (bicyclic) bond motifs is 2. The third-order valence-electron chi connectivity index (χ3n) is 7.90. The second kappa shape index (κ2) is 11.5. The van der Waals surface area contributed by atoms with Crippen LogP contribution in [0.5, 0.6) is 0 Å². The molecule has 4 heterocycles. The van der Waals surface area contributed by atoms with E-state index in [1.807, 2.05) is 17.0 Å². The normalized spacial score (nSPS) is 15.0. The molecule has 1 saturated heterocycles. The molecule has 7 nitrogen and oxygen atoms in total. The number of hydrogen-bond acceptors (Lipinski definition) is 5. The highest BCUT2D eigenvalue weighted by molar-refractivity contribution is 6.01. The van der Waals surface area contributed by atoms with Crippen LogP contribution in [0.3, 0.4) is 0 Å². The van der Waals surface area contributed by atoms with Crippen molar-refractivity contribution in [2.45, 2.75) is 32.9 Å². The van der Waals surface area contributed by atoms with Gasteiger partial charge in [-0.25, -0.2) is 4.98 Å². The summed E-state index contributed by atoms with van der Waals surface area (Å²) in [5.74, 6) is 0.794. The molecule has 0 bridgehead atoms. The van der Waals surface area contributed by atoms with E-state index >= 15 is 0 Å². The Morgan fingerprint density at radius 1 is 1.03 bits per heavy atom. The van der Waals surface area contributed by atoms with Crippen molar-refractivity contribution in [1.29, 1.82) is 5.26 Å². The van der Waals surface area contributed by atoms with Crippen molar-refractivity contribution < 1.29 is 4.79 Å². The first-order valence-corrected chi connectivity index (χ1v) is 13.4. The van der Waals surface area contributed by atoms with Crippen LogP contribution in [0.15, 0.2) is 60.7 Å². The highest BCUT2D eigenvalue weighted by Gasteiger charge is 2.28. The quantitative estimate of drug-likeness (QED) is 0.403. The minimum absolute atomic E-state index is 0. The molecule has 0 spiro atoms. The summed E-state index contributed by atoms with van der Waals surface area (Å²) < 4.78 is 2.29. The molecule has 2 aliphatic heterocycles. The molecular formula is C31H33ClN6O. The molecule has 0 aliphatic carbocycles. The summed E-state index contributed by atoms with van der Waals surface area (Å²) in [6, 6.07) is 23.3. The van der Waals surface area contributed by atoms with Crippen molar-refractivity contribution in [3.05, 3.63) is 94.3 Å². The Labute approximate surface area is 235 Å². The summed E-state index contributed by atoms with van der Waals surface area (Å²) >= 11 is 0. The molecule has 200 valence electrons. The maximum atomic E-state index is 13.7. The maximum absolute atomic E-state index is 13.7. The number of carbonyl (C=O) groups excluding carboxylic acids is 1. The molecule has 4 aromatic rings. The van der Waals surface area contributed by atoms with Crippen molar-refractivity contribution in [2.75, 3.05) is 37.6 Å². The van der Waals surface area contributed by atoms with E-state index in [9.17, 15) is 10.1 Å². The van der Waals surface area contributed by atoms with Crippen molar-refractivity contribution in [1.82, 2.24) is 19.8 Å². The number of benzene rings is 2. The van der Waals surface area contributed by atoms with Crippen molar-refractivity contribution in [2.24, 2.45) is 0 Å². The average Bonchev–Trinajstić information content (AvgIpc) is 3.23. The zero-order valence-electron chi connectivity index (χ0n) is 22.2. The van der Waals surface area contributed by atoms with Gasteiger partial charge in [0, 0.05) is 56.9 Å². The Hall–Kier alpha value is -3.86. The Kier molecular flexibility index (Phi) is 7.87. The topological polar surface area (TPSA) is 77.2 Å². The van der Waals surface area contributed by atoms with E-state index in [-0.39, 0.29) is 24.7 Å². The SMILES string of the molecule is Cc1c(CC#N)c2cc(C(=O)N3CCNCC3)nc(N3CCc4ccccc4C3)c2n1Cc1ccccc1.Cl. The summed E-state index contributed by atoms with van der Waals surface area (Å²) in [6.45, 7) is 7.25. The highest BCUT2D eigenvalue weighted by Crippen LogP contribution is 2.36. The van der Waals surface area contributed by atoms with Gasteiger partial charge in [0.15, 0.2) is 5.82 Å². The minimum atomic E-state index is -0.0385. The molecule has 1 fully saturated rings. The predicted octanol–water partition coefficient (Wildman–Crippen LogP) is 4.49. The van der Waals surface area contributed by atoms with Gasteiger partial charge in [0.25, 0.3) is 5.91 Å². The second-order valence-corrected chi connectivity index (χ2v) is 10.2. The zero-order chi connectivity index (χ0) is 26.1. The minimum Gasteiger partial charge on any atom is -0.350 e. The second-order valence-electron chi connectivity index (χ2n) is 10.2. The predicted molar refractivity (Wildman–Crippen MR) is 157 cm³/mol. The number of anilines is 1. The van der Waals surface area contributed by atoms with Crippen molar-refractivity contribution in [3.8, 4) is 6.07 Å². The Balaban J connectivity index is 0.00000308. The number of pyridine rings is 1. The first-order valence-electron chi connectivity index (χ1n) is 13.4. The number of carbonyl (C=O) groups is 1. The molecule has 0 radical (unpaired) electrons. The molecule has 1 N–H and O–H groups in total. The fraction of sp³-hybridized carbons (Fsp3) is 0.323. The molecule has 0 unspecified atom stereocenters. The van der Waals surface area contributed by atoms with E-state index < -0.39 is 0 Å². The van der Waals surface area contributed by atoms with E-state index in [2.05, 4.69) is 76.3 Å². The molecule has 2 aromatic carbocycles. The van der Waals surface area contributed by atoms with E-state index in [4.69, 9.17) is 4.98 Å². The molecule has 0 atom stereocenters. The van der Waals surface area contributed by atoms with Gasteiger partial charge in [-0.3, -0.25) is 4.79 Å². The van der Waals surface area contributed by atoms with Crippen LogP contribution in [0.2, 0.25) is 0 Å². The van der Waals surface area contributed by atoms with Gasteiger partial charge in [-0.15, -0.1) is 12.4 Å².